The van der Waals surface area contributed by atoms with Crippen molar-refractivity contribution in [2.45, 2.75) is 19.8 Å². The first-order chi connectivity index (χ1) is 8.15. The summed E-state index contributed by atoms with van der Waals surface area (Å²) in [6.07, 6.45) is 0. The van der Waals surface area contributed by atoms with Crippen molar-refractivity contribution < 1.29 is 0 Å². The minimum atomic E-state index is 0.422. The first-order valence-electron chi connectivity index (χ1n) is 5.61. The van der Waals surface area contributed by atoms with E-state index >= 15 is 0 Å². The molecule has 0 spiro atoms. The second-order valence-corrected chi connectivity index (χ2v) is 4.25. The van der Waals surface area contributed by atoms with Gasteiger partial charge in [0.2, 0.25) is 0 Å². The molecule has 3 N–H and O–H groups in total. The Kier molecular flexibility index (Phi) is 3.23. The number of hydrogen-bond acceptors (Lipinski definition) is 4. The monoisotopic (exact) mass is 228 g/mol. The normalized spacial score (nSPS) is 10.5. The largest absolute Gasteiger partial charge is 0.382 e. The van der Waals surface area contributed by atoms with Gasteiger partial charge >= 0.3 is 0 Å². The Morgan fingerprint density at radius 1 is 1.00 bits per heavy atom. The number of aromatic nitrogens is 2. The molecule has 0 fully saturated rings. The van der Waals surface area contributed by atoms with E-state index in [1.165, 1.54) is 5.56 Å². The lowest BCUT2D eigenvalue weighted by atomic mass is 10.0. The molecule has 4 heteroatoms. The number of benzene rings is 1. The van der Waals surface area contributed by atoms with E-state index in [4.69, 9.17) is 5.73 Å². The minimum Gasteiger partial charge on any atom is -0.382 e. The van der Waals surface area contributed by atoms with Gasteiger partial charge < -0.3 is 11.1 Å². The van der Waals surface area contributed by atoms with E-state index in [2.05, 4.69) is 41.5 Å². The van der Waals surface area contributed by atoms with E-state index in [9.17, 15) is 0 Å². The van der Waals surface area contributed by atoms with Gasteiger partial charge in [0.1, 0.15) is 5.82 Å². The lowest BCUT2D eigenvalue weighted by molar-refractivity contribution is 0.867. The summed E-state index contributed by atoms with van der Waals surface area (Å²) in [4.78, 5) is 0. The summed E-state index contributed by atoms with van der Waals surface area (Å²) < 4.78 is 0. The molecular formula is C13H16N4. The lowest BCUT2D eigenvalue weighted by Gasteiger charge is -2.08. The van der Waals surface area contributed by atoms with E-state index in [1.807, 2.05) is 12.1 Å². The molecule has 0 amide bonds. The minimum absolute atomic E-state index is 0.422. The van der Waals surface area contributed by atoms with Crippen LogP contribution in [0.25, 0.3) is 0 Å². The second-order valence-electron chi connectivity index (χ2n) is 4.25. The van der Waals surface area contributed by atoms with Crippen LogP contribution in [-0.2, 0) is 0 Å². The SMILES string of the molecule is CC(C)c1ccc(Nc2ccc(N)nn2)cc1. The van der Waals surface area contributed by atoms with Gasteiger partial charge in [0.15, 0.2) is 5.82 Å². The first-order valence-corrected chi connectivity index (χ1v) is 5.61. The van der Waals surface area contributed by atoms with Crippen molar-refractivity contribution >= 4 is 17.3 Å². The van der Waals surface area contributed by atoms with Crippen LogP contribution in [0.5, 0.6) is 0 Å². The third-order valence-corrected chi connectivity index (χ3v) is 2.53. The molecule has 17 heavy (non-hydrogen) atoms. The summed E-state index contributed by atoms with van der Waals surface area (Å²) in [7, 11) is 0. The molecule has 1 aromatic carbocycles. The number of rotatable bonds is 3. The molecule has 0 aliphatic heterocycles. The number of nitrogens with one attached hydrogen (secondary N) is 1. The van der Waals surface area contributed by atoms with Crippen LogP contribution in [0.1, 0.15) is 25.3 Å². The summed E-state index contributed by atoms with van der Waals surface area (Å²) in [6, 6.07) is 11.8. The maximum atomic E-state index is 5.47. The van der Waals surface area contributed by atoms with E-state index < -0.39 is 0 Å². The summed E-state index contributed by atoms with van der Waals surface area (Å²) in [6.45, 7) is 4.35. The van der Waals surface area contributed by atoms with Gasteiger partial charge in [0.25, 0.3) is 0 Å². The van der Waals surface area contributed by atoms with Gasteiger partial charge in [-0.1, -0.05) is 26.0 Å². The predicted molar refractivity (Wildman–Crippen MR) is 70.3 cm³/mol. The molecule has 0 atom stereocenters. The average molecular weight is 228 g/mol. The molecule has 4 nitrogen and oxygen atoms in total. The molecule has 1 heterocycles. The highest BCUT2D eigenvalue weighted by atomic mass is 15.2. The maximum absolute atomic E-state index is 5.47. The quantitative estimate of drug-likeness (QED) is 0.847. The fourth-order valence-corrected chi connectivity index (χ4v) is 1.51. The first kappa shape index (κ1) is 11.4. The van der Waals surface area contributed by atoms with Gasteiger partial charge in [0, 0.05) is 5.69 Å². The smallest absolute Gasteiger partial charge is 0.153 e. The number of nitrogens with two attached hydrogens (primary N) is 1. The molecule has 0 aliphatic rings. The van der Waals surface area contributed by atoms with Gasteiger partial charge in [-0.15, -0.1) is 10.2 Å². The molecule has 0 aliphatic carbocycles. The van der Waals surface area contributed by atoms with Crippen molar-refractivity contribution in [1.29, 1.82) is 0 Å². The Balaban J connectivity index is 2.11. The van der Waals surface area contributed by atoms with Gasteiger partial charge in [-0.3, -0.25) is 0 Å². The molecule has 0 saturated carbocycles. The van der Waals surface area contributed by atoms with Crippen LogP contribution >= 0.6 is 0 Å². The topological polar surface area (TPSA) is 63.8 Å². The number of nitrogen functional groups attached to an aromatic ring is 1. The molecule has 2 rings (SSSR count). The predicted octanol–water partition coefficient (Wildman–Crippen LogP) is 2.93. The standard InChI is InChI=1S/C13H16N4/c1-9(2)10-3-5-11(6-4-10)15-13-8-7-12(14)16-17-13/h3-9H,1-2H3,(H2,14,16)(H,15,17). The van der Waals surface area contributed by atoms with Crippen LogP contribution in [0, 0.1) is 0 Å². The molecule has 0 unspecified atom stereocenters. The summed E-state index contributed by atoms with van der Waals surface area (Å²) in [5.41, 5.74) is 7.78. The van der Waals surface area contributed by atoms with Crippen LogP contribution < -0.4 is 11.1 Å². The van der Waals surface area contributed by atoms with Gasteiger partial charge in [-0.05, 0) is 35.7 Å². The zero-order valence-corrected chi connectivity index (χ0v) is 10.0. The zero-order valence-electron chi connectivity index (χ0n) is 10.0. The summed E-state index contributed by atoms with van der Waals surface area (Å²) in [5.74, 6) is 1.66. The van der Waals surface area contributed by atoms with Gasteiger partial charge in [-0.2, -0.15) is 0 Å². The Bertz CT molecular complexity index is 474. The van der Waals surface area contributed by atoms with Gasteiger partial charge in [-0.25, -0.2) is 0 Å². The van der Waals surface area contributed by atoms with Crippen LogP contribution in [0.2, 0.25) is 0 Å². The fraction of sp³-hybridized carbons (Fsp3) is 0.231. The second kappa shape index (κ2) is 4.82. The summed E-state index contributed by atoms with van der Waals surface area (Å²) in [5, 5.41) is 10.9. The molecule has 0 saturated heterocycles. The molecule has 1 aromatic heterocycles. The van der Waals surface area contributed by atoms with Crippen molar-refractivity contribution in [3.63, 3.8) is 0 Å². The third-order valence-electron chi connectivity index (χ3n) is 2.53. The summed E-state index contributed by atoms with van der Waals surface area (Å²) >= 11 is 0. The third kappa shape index (κ3) is 2.93. The molecule has 88 valence electrons. The highest BCUT2D eigenvalue weighted by Gasteiger charge is 2.00. The highest BCUT2D eigenvalue weighted by Crippen LogP contribution is 2.19. The van der Waals surface area contributed by atoms with Crippen LogP contribution in [0.3, 0.4) is 0 Å². The molecule has 0 bridgehead atoms. The Morgan fingerprint density at radius 2 is 1.71 bits per heavy atom. The van der Waals surface area contributed by atoms with E-state index in [-0.39, 0.29) is 0 Å². The van der Waals surface area contributed by atoms with Crippen LogP contribution in [0.4, 0.5) is 17.3 Å². The molecule has 2 aromatic rings. The van der Waals surface area contributed by atoms with Crippen molar-refractivity contribution in [3.05, 3.63) is 42.0 Å². The average Bonchev–Trinajstić information content (AvgIpc) is 2.33. The van der Waals surface area contributed by atoms with Crippen molar-refractivity contribution in [2.75, 3.05) is 11.1 Å². The van der Waals surface area contributed by atoms with E-state index in [0.29, 0.717) is 17.6 Å². The Labute approximate surface area is 101 Å². The Hall–Kier alpha value is -2.10. The number of hydrogen-bond donors (Lipinski definition) is 2. The van der Waals surface area contributed by atoms with Gasteiger partial charge in [0.05, 0.1) is 0 Å². The molecule has 0 radical (unpaired) electrons. The van der Waals surface area contributed by atoms with E-state index in [1.54, 1.807) is 12.1 Å². The lowest BCUT2D eigenvalue weighted by Crippen LogP contribution is -1.98. The zero-order chi connectivity index (χ0) is 12.3. The van der Waals surface area contributed by atoms with Crippen molar-refractivity contribution in [1.82, 2.24) is 10.2 Å². The van der Waals surface area contributed by atoms with Crippen LogP contribution in [-0.4, -0.2) is 10.2 Å². The number of anilines is 3. The van der Waals surface area contributed by atoms with Crippen molar-refractivity contribution in [3.8, 4) is 0 Å². The highest BCUT2D eigenvalue weighted by molar-refractivity contribution is 5.56. The fourth-order valence-electron chi connectivity index (χ4n) is 1.51. The Morgan fingerprint density at radius 3 is 2.24 bits per heavy atom. The molecular weight excluding hydrogens is 212 g/mol. The van der Waals surface area contributed by atoms with E-state index in [0.717, 1.165) is 5.69 Å². The maximum Gasteiger partial charge on any atom is 0.153 e. The van der Waals surface area contributed by atoms with Crippen LogP contribution in [0.15, 0.2) is 36.4 Å². The number of nitrogens with zero attached hydrogens (tertiary/aromatic N) is 2. The van der Waals surface area contributed by atoms with Crippen molar-refractivity contribution in [2.24, 2.45) is 0 Å².